The first-order valence-corrected chi connectivity index (χ1v) is 14.7. The average Bonchev–Trinajstić information content (AvgIpc) is 3.53. The van der Waals surface area contributed by atoms with Crippen molar-refractivity contribution in [2.24, 2.45) is 0 Å². The second-order valence-electron chi connectivity index (χ2n) is 9.27. The highest BCUT2D eigenvalue weighted by Crippen LogP contribution is 2.35. The van der Waals surface area contributed by atoms with Gasteiger partial charge < -0.3 is 20.6 Å². The molecule has 0 unspecified atom stereocenters. The molecule has 2 aliphatic rings. The first-order chi connectivity index (χ1) is 19.7. The highest BCUT2D eigenvalue weighted by Gasteiger charge is 2.32. The smallest absolute Gasteiger partial charge is 0.335 e. The zero-order valence-corrected chi connectivity index (χ0v) is 23.9. The number of hydrogen-bond donors (Lipinski definition) is 3. The number of hydrogen-bond acceptors (Lipinski definition) is 8. The molecule has 0 atom stereocenters. The maximum atomic E-state index is 13.6. The molecular weight excluding hydrogens is 591 g/mol. The van der Waals surface area contributed by atoms with Crippen LogP contribution in [0.2, 0.25) is 0 Å². The van der Waals surface area contributed by atoms with Crippen LogP contribution in [0.25, 0.3) is 17.2 Å². The molecule has 0 aliphatic carbocycles. The van der Waals surface area contributed by atoms with E-state index in [4.69, 9.17) is 12.2 Å². The monoisotopic (exact) mass is 614 g/mol. The Morgan fingerprint density at radius 2 is 1.85 bits per heavy atom. The van der Waals surface area contributed by atoms with E-state index in [2.05, 4.69) is 15.5 Å². The van der Waals surface area contributed by atoms with Crippen LogP contribution in [-0.2, 0) is 9.59 Å². The number of carboxylic acids is 1. The summed E-state index contributed by atoms with van der Waals surface area (Å²) in [7, 11) is 0. The van der Waals surface area contributed by atoms with Gasteiger partial charge in [0.25, 0.3) is 5.91 Å². The van der Waals surface area contributed by atoms with Crippen molar-refractivity contribution in [3.8, 4) is 11.1 Å². The number of amides is 2. The Hall–Kier alpha value is -3.65. The maximum absolute atomic E-state index is 13.6. The molecule has 1 aromatic heterocycles. The number of nitrogens with zero attached hydrogens (tertiary/aromatic N) is 2. The number of thiocarbonyl (C=S) groups is 1. The van der Waals surface area contributed by atoms with Gasteiger partial charge in [0, 0.05) is 44.0 Å². The Labute approximate surface area is 248 Å². The number of aromatic carboxylic acids is 1. The SMILES string of the molecule is O=C(CCN1C(=O)C(=Cc2cc(-c3ccc(F)c(F)c3)cs2)SC1=S)Nc1cc(C(=O)O)ccc1N1CCNCC1. The van der Waals surface area contributed by atoms with Crippen molar-refractivity contribution in [1.82, 2.24) is 10.2 Å². The zero-order valence-electron chi connectivity index (χ0n) is 21.5. The number of thiophene rings is 1. The Balaban J connectivity index is 1.24. The van der Waals surface area contributed by atoms with E-state index >= 15 is 0 Å². The predicted octanol–water partition coefficient (Wildman–Crippen LogP) is 5.03. The van der Waals surface area contributed by atoms with E-state index in [0.717, 1.165) is 47.5 Å². The van der Waals surface area contributed by atoms with E-state index in [1.165, 1.54) is 34.4 Å². The predicted molar refractivity (Wildman–Crippen MR) is 161 cm³/mol. The van der Waals surface area contributed by atoms with E-state index in [1.807, 2.05) is 0 Å². The van der Waals surface area contributed by atoms with E-state index < -0.39 is 17.6 Å². The van der Waals surface area contributed by atoms with Crippen LogP contribution >= 0.6 is 35.3 Å². The maximum Gasteiger partial charge on any atom is 0.335 e. The summed E-state index contributed by atoms with van der Waals surface area (Å²) in [4.78, 5) is 42.1. The van der Waals surface area contributed by atoms with E-state index in [0.29, 0.717) is 39.1 Å². The van der Waals surface area contributed by atoms with Gasteiger partial charge in [0.2, 0.25) is 5.91 Å². The Kier molecular flexibility index (Phi) is 8.78. The van der Waals surface area contributed by atoms with Gasteiger partial charge in [-0.1, -0.05) is 30.0 Å². The number of benzene rings is 2. The summed E-state index contributed by atoms with van der Waals surface area (Å²) in [5.41, 5.74) is 2.41. The Morgan fingerprint density at radius 3 is 2.59 bits per heavy atom. The van der Waals surface area contributed by atoms with Crippen LogP contribution in [0.5, 0.6) is 0 Å². The highest BCUT2D eigenvalue weighted by molar-refractivity contribution is 8.26. The second kappa shape index (κ2) is 12.5. The molecular formula is C28H24F2N4O4S3. The van der Waals surface area contributed by atoms with Gasteiger partial charge >= 0.3 is 5.97 Å². The van der Waals surface area contributed by atoms with Crippen molar-refractivity contribution in [2.45, 2.75) is 6.42 Å². The van der Waals surface area contributed by atoms with Gasteiger partial charge in [0.15, 0.2) is 11.6 Å². The lowest BCUT2D eigenvalue weighted by molar-refractivity contribution is -0.122. The summed E-state index contributed by atoms with van der Waals surface area (Å²) >= 11 is 7.87. The largest absolute Gasteiger partial charge is 0.478 e. The summed E-state index contributed by atoms with van der Waals surface area (Å²) in [6.45, 7) is 3.02. The number of rotatable bonds is 8. The van der Waals surface area contributed by atoms with Gasteiger partial charge in [0.05, 0.1) is 21.8 Å². The summed E-state index contributed by atoms with van der Waals surface area (Å²) in [5, 5.41) is 17.3. The van der Waals surface area contributed by atoms with Crippen molar-refractivity contribution in [1.29, 1.82) is 0 Å². The molecule has 13 heteroatoms. The molecule has 0 radical (unpaired) electrons. The molecule has 5 rings (SSSR count). The van der Waals surface area contributed by atoms with Gasteiger partial charge in [-0.05, 0) is 59.0 Å². The molecule has 41 heavy (non-hydrogen) atoms. The number of thioether (sulfide) groups is 1. The molecule has 0 saturated carbocycles. The molecule has 2 aromatic carbocycles. The van der Waals surface area contributed by atoms with Crippen LogP contribution in [-0.4, -0.2) is 64.8 Å². The topological polar surface area (TPSA) is 102 Å². The van der Waals surface area contributed by atoms with Crippen molar-refractivity contribution in [2.75, 3.05) is 42.9 Å². The van der Waals surface area contributed by atoms with Gasteiger partial charge in [-0.25, -0.2) is 13.6 Å². The molecule has 3 N–H and O–H groups in total. The van der Waals surface area contributed by atoms with Gasteiger partial charge in [-0.3, -0.25) is 14.5 Å². The van der Waals surface area contributed by atoms with Crippen molar-refractivity contribution in [3.05, 3.63) is 74.8 Å². The van der Waals surface area contributed by atoms with Crippen LogP contribution in [0.15, 0.2) is 52.7 Å². The first-order valence-electron chi connectivity index (χ1n) is 12.6. The van der Waals surface area contributed by atoms with Crippen molar-refractivity contribution >= 4 is 74.9 Å². The highest BCUT2D eigenvalue weighted by atomic mass is 32.2. The van der Waals surface area contributed by atoms with Gasteiger partial charge in [-0.2, -0.15) is 0 Å². The fourth-order valence-electron chi connectivity index (χ4n) is 4.45. The minimum Gasteiger partial charge on any atom is -0.478 e. The van der Waals surface area contributed by atoms with E-state index in [-0.39, 0.29) is 30.3 Å². The van der Waals surface area contributed by atoms with Gasteiger partial charge in [0.1, 0.15) is 4.32 Å². The lowest BCUT2D eigenvalue weighted by Gasteiger charge is -2.31. The molecule has 2 saturated heterocycles. The quantitative estimate of drug-likeness (QED) is 0.240. The van der Waals surface area contributed by atoms with Crippen LogP contribution in [0.3, 0.4) is 0 Å². The summed E-state index contributed by atoms with van der Waals surface area (Å²) in [6.07, 6.45) is 1.64. The number of piperazine rings is 1. The third-order valence-electron chi connectivity index (χ3n) is 6.56. The fourth-order valence-corrected chi connectivity index (χ4v) is 6.68. The minimum absolute atomic E-state index is 0.0443. The Bertz CT molecular complexity index is 1570. The number of anilines is 2. The molecule has 2 aliphatic heterocycles. The number of carbonyl (C=O) groups excluding carboxylic acids is 2. The Morgan fingerprint density at radius 1 is 1.07 bits per heavy atom. The average molecular weight is 615 g/mol. The lowest BCUT2D eigenvalue weighted by atomic mass is 10.1. The van der Waals surface area contributed by atoms with Gasteiger partial charge in [-0.15, -0.1) is 11.3 Å². The molecule has 3 aromatic rings. The molecule has 212 valence electrons. The minimum atomic E-state index is -1.10. The summed E-state index contributed by atoms with van der Waals surface area (Å²) < 4.78 is 27.2. The third kappa shape index (κ3) is 6.64. The number of carbonyl (C=O) groups is 3. The number of carboxylic acid groups (broad SMARTS) is 1. The standard InChI is InChI=1S/C28H24F2N4O4S3/c29-20-3-1-16(12-21(20)30)18-11-19(40-15-18)14-24-26(36)34(28(39)41-24)8-5-25(35)32-22-13-17(27(37)38)2-4-23(22)33-9-6-31-7-10-33/h1-4,11-15,31H,5-10H2,(H,32,35)(H,37,38). The normalized spacial score (nSPS) is 16.5. The fraction of sp³-hybridized carbons (Fsp3) is 0.214. The molecule has 0 bridgehead atoms. The molecule has 8 nitrogen and oxygen atoms in total. The number of halogens is 2. The van der Waals surface area contributed by atoms with Crippen molar-refractivity contribution in [3.63, 3.8) is 0 Å². The summed E-state index contributed by atoms with van der Waals surface area (Å²) in [5.74, 6) is -3.66. The summed E-state index contributed by atoms with van der Waals surface area (Å²) in [6, 6.07) is 10.1. The van der Waals surface area contributed by atoms with Crippen LogP contribution < -0.4 is 15.5 Å². The van der Waals surface area contributed by atoms with Crippen LogP contribution in [0.1, 0.15) is 21.7 Å². The molecule has 3 heterocycles. The van der Waals surface area contributed by atoms with Crippen molar-refractivity contribution < 1.29 is 28.3 Å². The lowest BCUT2D eigenvalue weighted by Crippen LogP contribution is -2.43. The molecule has 2 amide bonds. The molecule has 0 spiro atoms. The first kappa shape index (κ1) is 28.9. The van der Waals surface area contributed by atoms with E-state index in [9.17, 15) is 28.3 Å². The third-order valence-corrected chi connectivity index (χ3v) is 8.81. The zero-order chi connectivity index (χ0) is 29.1. The van der Waals surface area contributed by atoms with Crippen LogP contribution in [0, 0.1) is 11.6 Å². The second-order valence-corrected chi connectivity index (χ2v) is 11.9. The molecule has 2 fully saturated rings. The number of nitrogens with one attached hydrogen (secondary N) is 2. The van der Waals surface area contributed by atoms with E-state index in [1.54, 1.807) is 23.6 Å². The van der Waals surface area contributed by atoms with Crippen LogP contribution in [0.4, 0.5) is 20.2 Å².